The van der Waals surface area contributed by atoms with Crippen LogP contribution in [0.25, 0.3) is 0 Å². The van der Waals surface area contributed by atoms with Crippen LogP contribution in [-0.4, -0.2) is 11.9 Å². The van der Waals surface area contributed by atoms with Crippen molar-refractivity contribution in [3.63, 3.8) is 0 Å². The molecular weight excluding hydrogens is 196 g/mol. The van der Waals surface area contributed by atoms with Crippen molar-refractivity contribution >= 4 is 5.84 Å². The van der Waals surface area contributed by atoms with E-state index in [1.54, 1.807) is 0 Å². The van der Waals surface area contributed by atoms with Gasteiger partial charge < -0.3 is 5.73 Å². The standard InChI is InChI=1S/C14H20N2/c1-14(2)9-8-12(10-14)16-13(15)11-6-4-3-5-7-11/h3-7,12H,8-10H2,1-2H3,(H2,15,16). The lowest BCUT2D eigenvalue weighted by atomic mass is 9.92. The first-order valence-corrected chi connectivity index (χ1v) is 5.95. The molecular formula is C14H20N2. The molecule has 0 radical (unpaired) electrons. The van der Waals surface area contributed by atoms with Crippen LogP contribution in [0.4, 0.5) is 0 Å². The molecule has 1 aliphatic rings. The van der Waals surface area contributed by atoms with E-state index in [2.05, 4.69) is 18.8 Å². The topological polar surface area (TPSA) is 38.4 Å². The first-order valence-electron chi connectivity index (χ1n) is 5.95. The van der Waals surface area contributed by atoms with Crippen molar-refractivity contribution < 1.29 is 0 Å². The summed E-state index contributed by atoms with van der Waals surface area (Å²) in [5.74, 6) is 0.684. The van der Waals surface area contributed by atoms with E-state index < -0.39 is 0 Å². The number of nitrogens with zero attached hydrogens (tertiary/aromatic N) is 1. The molecule has 0 amide bonds. The highest BCUT2D eigenvalue weighted by molar-refractivity contribution is 5.97. The summed E-state index contributed by atoms with van der Waals surface area (Å²) >= 11 is 0. The van der Waals surface area contributed by atoms with E-state index in [0.29, 0.717) is 17.3 Å². The first-order chi connectivity index (χ1) is 7.57. The van der Waals surface area contributed by atoms with Gasteiger partial charge in [-0.15, -0.1) is 0 Å². The molecule has 1 aromatic carbocycles. The van der Waals surface area contributed by atoms with Crippen LogP contribution in [0.15, 0.2) is 35.3 Å². The Morgan fingerprint density at radius 3 is 2.56 bits per heavy atom. The van der Waals surface area contributed by atoms with Crippen molar-refractivity contribution in [2.24, 2.45) is 16.1 Å². The van der Waals surface area contributed by atoms with Gasteiger partial charge in [0, 0.05) is 5.56 Å². The summed E-state index contributed by atoms with van der Waals surface area (Å²) < 4.78 is 0. The second-order valence-electron chi connectivity index (χ2n) is 5.44. The van der Waals surface area contributed by atoms with Crippen LogP contribution in [-0.2, 0) is 0 Å². The normalized spacial score (nSPS) is 24.6. The maximum atomic E-state index is 6.01. The van der Waals surface area contributed by atoms with Crippen molar-refractivity contribution in [2.75, 3.05) is 0 Å². The molecule has 0 spiro atoms. The van der Waals surface area contributed by atoms with E-state index in [1.807, 2.05) is 30.3 Å². The Hall–Kier alpha value is -1.31. The molecule has 0 aromatic heterocycles. The van der Waals surface area contributed by atoms with Crippen molar-refractivity contribution in [2.45, 2.75) is 39.2 Å². The number of nitrogens with two attached hydrogens (primary N) is 1. The molecule has 1 saturated carbocycles. The minimum atomic E-state index is 0.412. The van der Waals surface area contributed by atoms with Crippen LogP contribution in [0, 0.1) is 5.41 Å². The van der Waals surface area contributed by atoms with Crippen molar-refractivity contribution in [3.8, 4) is 0 Å². The molecule has 1 atom stereocenters. The van der Waals surface area contributed by atoms with Crippen LogP contribution >= 0.6 is 0 Å². The minimum absolute atomic E-state index is 0.412. The fourth-order valence-electron chi connectivity index (χ4n) is 2.39. The summed E-state index contributed by atoms with van der Waals surface area (Å²) in [6.07, 6.45) is 3.57. The van der Waals surface area contributed by atoms with Gasteiger partial charge in [0.1, 0.15) is 5.84 Å². The molecule has 0 bridgehead atoms. The van der Waals surface area contributed by atoms with Gasteiger partial charge in [-0.05, 0) is 24.7 Å². The maximum absolute atomic E-state index is 6.01. The Morgan fingerprint density at radius 2 is 2.00 bits per heavy atom. The van der Waals surface area contributed by atoms with Crippen LogP contribution < -0.4 is 5.73 Å². The summed E-state index contributed by atoms with van der Waals surface area (Å²) in [5, 5.41) is 0. The van der Waals surface area contributed by atoms with Gasteiger partial charge in [0.25, 0.3) is 0 Å². The molecule has 1 aromatic rings. The summed E-state index contributed by atoms with van der Waals surface area (Å²) in [6.45, 7) is 4.61. The lowest BCUT2D eigenvalue weighted by Crippen LogP contribution is -2.17. The van der Waals surface area contributed by atoms with E-state index in [9.17, 15) is 0 Å². The number of benzene rings is 1. The number of amidine groups is 1. The number of hydrogen-bond acceptors (Lipinski definition) is 1. The second-order valence-corrected chi connectivity index (χ2v) is 5.44. The first kappa shape index (κ1) is 11.2. The molecule has 2 nitrogen and oxygen atoms in total. The minimum Gasteiger partial charge on any atom is -0.383 e. The Labute approximate surface area is 97.6 Å². The lowest BCUT2D eigenvalue weighted by molar-refractivity contribution is 0.376. The van der Waals surface area contributed by atoms with Gasteiger partial charge in [0.05, 0.1) is 6.04 Å². The zero-order valence-corrected chi connectivity index (χ0v) is 10.1. The summed E-state index contributed by atoms with van der Waals surface area (Å²) in [5.41, 5.74) is 7.48. The Balaban J connectivity index is 2.08. The molecule has 0 aliphatic heterocycles. The van der Waals surface area contributed by atoms with Crippen molar-refractivity contribution in [3.05, 3.63) is 35.9 Å². The lowest BCUT2D eigenvalue weighted by Gasteiger charge is -2.15. The number of rotatable bonds is 2. The molecule has 1 fully saturated rings. The molecule has 1 aliphatic carbocycles. The molecule has 2 N–H and O–H groups in total. The summed E-state index contributed by atoms with van der Waals surface area (Å²) in [7, 11) is 0. The van der Waals surface area contributed by atoms with Gasteiger partial charge >= 0.3 is 0 Å². The zero-order chi connectivity index (χ0) is 11.6. The van der Waals surface area contributed by atoms with Crippen LogP contribution in [0.2, 0.25) is 0 Å². The Bertz CT molecular complexity index is 379. The molecule has 1 unspecified atom stereocenters. The van der Waals surface area contributed by atoms with Gasteiger partial charge in [-0.3, -0.25) is 4.99 Å². The predicted octanol–water partition coefficient (Wildman–Crippen LogP) is 2.97. The van der Waals surface area contributed by atoms with Gasteiger partial charge in [0.2, 0.25) is 0 Å². The van der Waals surface area contributed by atoms with Gasteiger partial charge in [-0.25, -0.2) is 0 Å². The third-order valence-corrected chi connectivity index (χ3v) is 3.33. The van der Waals surface area contributed by atoms with Crippen molar-refractivity contribution in [1.29, 1.82) is 0 Å². The predicted molar refractivity (Wildman–Crippen MR) is 68.6 cm³/mol. The highest BCUT2D eigenvalue weighted by atomic mass is 14.9. The Morgan fingerprint density at radius 1 is 1.31 bits per heavy atom. The van der Waals surface area contributed by atoms with E-state index in [1.165, 1.54) is 12.8 Å². The third-order valence-electron chi connectivity index (χ3n) is 3.33. The molecule has 16 heavy (non-hydrogen) atoms. The molecule has 2 heteroatoms. The van der Waals surface area contributed by atoms with E-state index in [4.69, 9.17) is 5.73 Å². The van der Waals surface area contributed by atoms with Crippen LogP contribution in [0.1, 0.15) is 38.7 Å². The highest BCUT2D eigenvalue weighted by Gasteiger charge is 2.30. The molecule has 0 heterocycles. The quantitative estimate of drug-likeness (QED) is 0.599. The highest BCUT2D eigenvalue weighted by Crippen LogP contribution is 2.38. The molecule has 0 saturated heterocycles. The average Bonchev–Trinajstić information content (AvgIpc) is 2.59. The molecule has 86 valence electrons. The largest absolute Gasteiger partial charge is 0.383 e. The van der Waals surface area contributed by atoms with E-state index in [-0.39, 0.29) is 0 Å². The fourth-order valence-corrected chi connectivity index (χ4v) is 2.39. The monoisotopic (exact) mass is 216 g/mol. The average molecular weight is 216 g/mol. The SMILES string of the molecule is CC1(C)CCC(N=C(N)c2ccccc2)C1. The smallest absolute Gasteiger partial charge is 0.125 e. The van der Waals surface area contributed by atoms with Gasteiger partial charge in [-0.2, -0.15) is 0 Å². The maximum Gasteiger partial charge on any atom is 0.125 e. The van der Waals surface area contributed by atoms with E-state index >= 15 is 0 Å². The van der Waals surface area contributed by atoms with Crippen molar-refractivity contribution in [1.82, 2.24) is 0 Å². The van der Waals surface area contributed by atoms with Crippen LogP contribution in [0.5, 0.6) is 0 Å². The molecule has 2 rings (SSSR count). The third kappa shape index (κ3) is 2.63. The second kappa shape index (κ2) is 4.28. The zero-order valence-electron chi connectivity index (χ0n) is 10.1. The van der Waals surface area contributed by atoms with Crippen LogP contribution in [0.3, 0.4) is 0 Å². The number of hydrogen-bond donors (Lipinski definition) is 1. The fraction of sp³-hybridized carbons (Fsp3) is 0.500. The number of aliphatic imine (C=N–C) groups is 1. The Kier molecular flexibility index (Phi) is 2.99. The van der Waals surface area contributed by atoms with Gasteiger partial charge in [0.15, 0.2) is 0 Å². The van der Waals surface area contributed by atoms with E-state index in [0.717, 1.165) is 12.0 Å². The summed E-state index contributed by atoms with van der Waals surface area (Å²) in [4.78, 5) is 4.64. The summed E-state index contributed by atoms with van der Waals surface area (Å²) in [6, 6.07) is 10.4. The van der Waals surface area contributed by atoms with Gasteiger partial charge in [-0.1, -0.05) is 44.2 Å².